The fourth-order valence-electron chi connectivity index (χ4n) is 3.98. The Kier molecular flexibility index (Phi) is 6.65. The van der Waals surface area contributed by atoms with Gasteiger partial charge in [0.2, 0.25) is 0 Å². The number of nitrogens with zero attached hydrogens (tertiary/aromatic N) is 2. The number of nitrogens with two attached hydrogens (primary N) is 1. The molecule has 2 atom stereocenters. The molecule has 162 valence electrons. The van der Waals surface area contributed by atoms with Gasteiger partial charge in [0.1, 0.15) is 5.01 Å². The lowest BCUT2D eigenvalue weighted by molar-refractivity contribution is -0.143. The lowest BCUT2D eigenvalue weighted by Gasteiger charge is -2.34. The third kappa shape index (κ3) is 4.95. The van der Waals surface area contributed by atoms with Gasteiger partial charge in [-0.1, -0.05) is 18.2 Å². The highest BCUT2D eigenvalue weighted by Gasteiger charge is 2.33. The average molecular weight is 438 g/mol. The normalized spacial score (nSPS) is 17.9. The summed E-state index contributed by atoms with van der Waals surface area (Å²) in [4.78, 5) is 24.0. The van der Waals surface area contributed by atoms with Crippen molar-refractivity contribution in [3.8, 4) is 10.6 Å². The van der Waals surface area contributed by atoms with Crippen LogP contribution in [0, 0.1) is 12.8 Å². The molecule has 1 saturated heterocycles. The summed E-state index contributed by atoms with van der Waals surface area (Å²) in [5.41, 5.74) is 9.13. The number of hydrogen-bond acceptors (Lipinski definition) is 7. The van der Waals surface area contributed by atoms with Crippen molar-refractivity contribution in [3.63, 3.8) is 0 Å². The highest BCUT2D eigenvalue weighted by atomic mass is 32.1. The number of nitrogen functional groups attached to an aromatic ring is 1. The lowest BCUT2D eigenvalue weighted by Crippen LogP contribution is -2.39. The molecule has 2 unspecified atom stereocenters. The van der Waals surface area contributed by atoms with Crippen LogP contribution in [0.2, 0.25) is 0 Å². The van der Waals surface area contributed by atoms with Crippen LogP contribution in [0.25, 0.3) is 10.6 Å². The molecule has 0 spiro atoms. The van der Waals surface area contributed by atoms with Crippen LogP contribution in [0.4, 0.5) is 5.69 Å². The van der Waals surface area contributed by atoms with Gasteiger partial charge in [-0.05, 0) is 56.2 Å². The van der Waals surface area contributed by atoms with E-state index in [0.717, 1.165) is 46.2 Å². The second-order valence-electron chi connectivity index (χ2n) is 7.78. The fourth-order valence-corrected chi connectivity index (χ4v) is 5.23. The number of aryl methyl sites for hydroxylation is 1. The Labute approximate surface area is 186 Å². The molecule has 1 aromatic heterocycles. The number of ether oxygens (including phenoxy) is 1. The summed E-state index contributed by atoms with van der Waals surface area (Å²) in [5, 5.41) is 2.73. The molecule has 0 saturated carbocycles. The van der Waals surface area contributed by atoms with Crippen LogP contribution in [-0.2, 0) is 9.57 Å². The van der Waals surface area contributed by atoms with Crippen LogP contribution in [0.1, 0.15) is 39.9 Å². The minimum absolute atomic E-state index is 0.0988. The summed E-state index contributed by atoms with van der Waals surface area (Å²) in [7, 11) is 1.74. The van der Waals surface area contributed by atoms with Gasteiger partial charge >= 0.3 is 5.97 Å². The van der Waals surface area contributed by atoms with Crippen molar-refractivity contribution in [1.29, 1.82) is 0 Å². The van der Waals surface area contributed by atoms with E-state index in [0.29, 0.717) is 12.1 Å². The Morgan fingerprint density at radius 1 is 1.19 bits per heavy atom. The van der Waals surface area contributed by atoms with Crippen LogP contribution in [-0.4, -0.2) is 36.2 Å². The zero-order chi connectivity index (χ0) is 21.8. The van der Waals surface area contributed by atoms with E-state index in [9.17, 15) is 4.79 Å². The number of piperidine rings is 1. The third-order valence-electron chi connectivity index (χ3n) is 5.57. The first-order valence-corrected chi connectivity index (χ1v) is 11.2. The van der Waals surface area contributed by atoms with Crippen molar-refractivity contribution in [1.82, 2.24) is 10.0 Å². The van der Waals surface area contributed by atoms with Gasteiger partial charge in [-0.2, -0.15) is 0 Å². The monoisotopic (exact) mass is 437 g/mol. The van der Waals surface area contributed by atoms with Gasteiger partial charge in [-0.3, -0.25) is 0 Å². The van der Waals surface area contributed by atoms with Crippen LogP contribution in [0.3, 0.4) is 0 Å². The molecule has 0 amide bonds. The van der Waals surface area contributed by atoms with Gasteiger partial charge in [-0.15, -0.1) is 16.4 Å². The van der Waals surface area contributed by atoms with E-state index >= 15 is 0 Å². The van der Waals surface area contributed by atoms with Crippen molar-refractivity contribution < 1.29 is 14.4 Å². The summed E-state index contributed by atoms with van der Waals surface area (Å²) >= 11 is 1.65. The number of aromatic nitrogens is 1. The van der Waals surface area contributed by atoms with Crippen LogP contribution in [0.15, 0.2) is 54.6 Å². The molecule has 7 heteroatoms. The zero-order valence-electron chi connectivity index (χ0n) is 17.8. The highest BCUT2D eigenvalue weighted by Crippen LogP contribution is 2.39. The minimum atomic E-state index is -0.324. The first-order chi connectivity index (χ1) is 15.0. The minimum Gasteiger partial charge on any atom is -0.399 e. The Balaban J connectivity index is 1.48. The number of thiazole rings is 1. The molecule has 3 aromatic rings. The molecule has 6 nitrogen and oxygen atoms in total. The SMILES string of the molecule is COC(c1sc(-c2ccc(N)cc2)nc1C)C1CCCN(OC(=O)c2ccccc2)C1. The Morgan fingerprint density at radius 2 is 1.94 bits per heavy atom. The molecule has 2 N–H and O–H groups in total. The van der Waals surface area contributed by atoms with E-state index in [-0.39, 0.29) is 18.0 Å². The van der Waals surface area contributed by atoms with Gasteiger partial charge < -0.3 is 15.3 Å². The smallest absolute Gasteiger partial charge is 0.357 e. The molecule has 0 aliphatic carbocycles. The second-order valence-corrected chi connectivity index (χ2v) is 8.81. The van der Waals surface area contributed by atoms with E-state index < -0.39 is 0 Å². The molecule has 2 heterocycles. The molecular weight excluding hydrogens is 410 g/mol. The topological polar surface area (TPSA) is 77.7 Å². The molecule has 0 bridgehead atoms. The fraction of sp³-hybridized carbons (Fsp3) is 0.333. The van der Waals surface area contributed by atoms with Crippen LogP contribution in [0.5, 0.6) is 0 Å². The first-order valence-electron chi connectivity index (χ1n) is 10.4. The molecule has 1 fully saturated rings. The largest absolute Gasteiger partial charge is 0.399 e. The number of carbonyl (C=O) groups is 1. The summed E-state index contributed by atoms with van der Waals surface area (Å²) in [5.74, 6) is -0.115. The van der Waals surface area contributed by atoms with E-state index in [1.807, 2.05) is 49.4 Å². The molecule has 31 heavy (non-hydrogen) atoms. The van der Waals surface area contributed by atoms with Gasteiger partial charge in [-0.25, -0.2) is 9.78 Å². The van der Waals surface area contributed by atoms with E-state index in [2.05, 4.69) is 0 Å². The first kappa shape index (κ1) is 21.5. The van der Waals surface area contributed by atoms with Crippen molar-refractivity contribution >= 4 is 23.0 Å². The number of anilines is 1. The van der Waals surface area contributed by atoms with Crippen molar-refractivity contribution in [2.75, 3.05) is 25.9 Å². The molecule has 1 aliphatic rings. The number of carbonyl (C=O) groups excluding carboxylic acids is 1. The van der Waals surface area contributed by atoms with Gasteiger partial charge in [0, 0.05) is 37.4 Å². The van der Waals surface area contributed by atoms with E-state index in [1.165, 1.54) is 0 Å². The quantitative estimate of drug-likeness (QED) is 0.554. The van der Waals surface area contributed by atoms with Crippen LogP contribution >= 0.6 is 11.3 Å². The third-order valence-corrected chi connectivity index (χ3v) is 6.84. The zero-order valence-corrected chi connectivity index (χ0v) is 18.6. The Hall–Kier alpha value is -2.74. The number of hydrogen-bond donors (Lipinski definition) is 1. The standard InChI is InChI=1S/C24H27N3O3S/c1-16-22(31-23(26-16)17-10-12-20(25)13-11-17)21(29-2)19-9-6-14-27(15-19)30-24(28)18-7-4-3-5-8-18/h3-5,7-8,10-13,19,21H,6,9,14-15,25H2,1-2H3. The Bertz CT molecular complexity index is 1020. The van der Waals surface area contributed by atoms with Gasteiger partial charge in [0.15, 0.2) is 0 Å². The summed E-state index contributed by atoms with van der Waals surface area (Å²) in [6.07, 6.45) is 1.85. The van der Waals surface area contributed by atoms with Crippen molar-refractivity contribution in [2.45, 2.75) is 25.9 Å². The maximum atomic E-state index is 12.5. The van der Waals surface area contributed by atoms with Crippen molar-refractivity contribution in [2.24, 2.45) is 5.92 Å². The predicted octanol–water partition coefficient (Wildman–Crippen LogP) is 4.87. The lowest BCUT2D eigenvalue weighted by atomic mass is 9.92. The second kappa shape index (κ2) is 9.60. The van der Waals surface area contributed by atoms with E-state index in [4.69, 9.17) is 20.3 Å². The van der Waals surface area contributed by atoms with Crippen LogP contribution < -0.4 is 5.73 Å². The van der Waals surface area contributed by atoms with E-state index in [1.54, 1.807) is 35.6 Å². The summed E-state index contributed by atoms with van der Waals surface area (Å²) in [6.45, 7) is 3.38. The number of benzene rings is 2. The van der Waals surface area contributed by atoms with Crippen molar-refractivity contribution in [3.05, 3.63) is 70.7 Å². The number of methoxy groups -OCH3 is 1. The number of rotatable bonds is 6. The Morgan fingerprint density at radius 3 is 2.65 bits per heavy atom. The summed E-state index contributed by atoms with van der Waals surface area (Å²) in [6, 6.07) is 16.8. The molecule has 1 aliphatic heterocycles. The molecule has 0 radical (unpaired) electrons. The predicted molar refractivity (Wildman–Crippen MR) is 123 cm³/mol. The maximum Gasteiger partial charge on any atom is 0.357 e. The summed E-state index contributed by atoms with van der Waals surface area (Å²) < 4.78 is 5.95. The average Bonchev–Trinajstić information content (AvgIpc) is 3.17. The number of hydroxylamine groups is 2. The highest BCUT2D eigenvalue weighted by molar-refractivity contribution is 7.15. The van der Waals surface area contributed by atoms with Gasteiger partial charge in [0.25, 0.3) is 0 Å². The maximum absolute atomic E-state index is 12.5. The molecular formula is C24H27N3O3S. The molecule has 2 aromatic carbocycles. The molecule has 4 rings (SSSR count). The van der Waals surface area contributed by atoms with Gasteiger partial charge in [0.05, 0.1) is 22.2 Å².